The number of pyridine rings is 2. The number of hydrogen-bond acceptors (Lipinski definition) is 7. The molecule has 8 heteroatoms. The lowest BCUT2D eigenvalue weighted by molar-refractivity contribution is 0.629. The third-order valence-electron chi connectivity index (χ3n) is 4.59. The maximum atomic E-state index is 14.0. The fourth-order valence-electron chi connectivity index (χ4n) is 3.21. The largest absolute Gasteiger partial charge is 0.382 e. The van der Waals surface area contributed by atoms with Gasteiger partial charge in [-0.05, 0) is 37.3 Å². The fraction of sp³-hybridized carbons (Fsp3) is 0.0952. The quantitative estimate of drug-likeness (QED) is 0.548. The number of aromatic nitrogens is 4. The van der Waals surface area contributed by atoms with Crippen LogP contribution in [0, 0.1) is 17.1 Å². The van der Waals surface area contributed by atoms with Crippen molar-refractivity contribution in [2.24, 2.45) is 0 Å². The van der Waals surface area contributed by atoms with Gasteiger partial charge in [-0.25, -0.2) is 14.4 Å². The molecule has 0 radical (unpaired) electrons. The van der Waals surface area contributed by atoms with Crippen molar-refractivity contribution in [2.45, 2.75) is 13.0 Å². The molecule has 0 aliphatic carbocycles. The number of benzene rings is 1. The van der Waals surface area contributed by atoms with Crippen molar-refractivity contribution >= 4 is 22.5 Å². The maximum absolute atomic E-state index is 14.0. The van der Waals surface area contributed by atoms with Gasteiger partial charge >= 0.3 is 0 Å². The van der Waals surface area contributed by atoms with Crippen LogP contribution in [-0.2, 0) is 0 Å². The van der Waals surface area contributed by atoms with Gasteiger partial charge in [0.25, 0.3) is 0 Å². The Labute approximate surface area is 166 Å². The van der Waals surface area contributed by atoms with Gasteiger partial charge in [0.1, 0.15) is 35.4 Å². The highest BCUT2D eigenvalue weighted by molar-refractivity contribution is 5.95. The van der Waals surface area contributed by atoms with Gasteiger partial charge in [-0.15, -0.1) is 0 Å². The zero-order valence-corrected chi connectivity index (χ0v) is 15.5. The van der Waals surface area contributed by atoms with Crippen LogP contribution in [0.2, 0.25) is 0 Å². The summed E-state index contributed by atoms with van der Waals surface area (Å²) in [6.07, 6.45) is 4.69. The van der Waals surface area contributed by atoms with Crippen LogP contribution >= 0.6 is 0 Å². The van der Waals surface area contributed by atoms with Crippen LogP contribution in [0.1, 0.15) is 24.1 Å². The molecule has 1 aromatic carbocycles. The van der Waals surface area contributed by atoms with Crippen molar-refractivity contribution < 1.29 is 4.39 Å². The molecule has 1 unspecified atom stereocenters. The zero-order valence-electron chi connectivity index (χ0n) is 15.5. The Morgan fingerprint density at radius 2 is 2.00 bits per heavy atom. The molecule has 0 bridgehead atoms. The molecule has 0 amide bonds. The molecule has 3 heterocycles. The molecular formula is C21H16FN7. The van der Waals surface area contributed by atoms with E-state index >= 15 is 0 Å². The molecule has 1 atom stereocenters. The first-order valence-corrected chi connectivity index (χ1v) is 8.85. The minimum atomic E-state index is -0.357. The summed E-state index contributed by atoms with van der Waals surface area (Å²) in [5.74, 6) is 0.0595. The highest BCUT2D eigenvalue weighted by atomic mass is 19.1. The van der Waals surface area contributed by atoms with E-state index in [1.807, 2.05) is 31.2 Å². The second kappa shape index (κ2) is 7.48. The highest BCUT2D eigenvalue weighted by Gasteiger charge is 2.19. The number of anilines is 2. The number of nitrogen functional groups attached to an aromatic ring is 1. The molecule has 0 saturated heterocycles. The lowest BCUT2D eigenvalue weighted by Crippen LogP contribution is -2.13. The molecule has 7 nitrogen and oxygen atoms in total. The number of rotatable bonds is 4. The molecule has 0 saturated carbocycles. The number of hydrogen-bond donors (Lipinski definition) is 2. The number of halogens is 1. The summed E-state index contributed by atoms with van der Waals surface area (Å²) in [5.41, 5.74) is 8.84. The second-order valence-corrected chi connectivity index (χ2v) is 6.43. The van der Waals surface area contributed by atoms with Crippen molar-refractivity contribution in [3.8, 4) is 17.3 Å². The monoisotopic (exact) mass is 385 g/mol. The van der Waals surface area contributed by atoms with Crippen LogP contribution in [0.25, 0.3) is 22.2 Å². The van der Waals surface area contributed by atoms with Gasteiger partial charge in [0.2, 0.25) is 0 Å². The van der Waals surface area contributed by atoms with Crippen LogP contribution in [0.15, 0.2) is 55.1 Å². The molecule has 0 aliphatic heterocycles. The van der Waals surface area contributed by atoms with Crippen molar-refractivity contribution in [1.29, 1.82) is 5.26 Å². The summed E-state index contributed by atoms with van der Waals surface area (Å²) in [5, 5.41) is 13.2. The molecular weight excluding hydrogens is 369 g/mol. The third-order valence-corrected chi connectivity index (χ3v) is 4.59. The molecule has 3 N–H and O–H groups in total. The molecule has 4 aromatic rings. The summed E-state index contributed by atoms with van der Waals surface area (Å²) >= 11 is 0. The molecule has 3 aromatic heterocycles. The van der Waals surface area contributed by atoms with Crippen LogP contribution in [-0.4, -0.2) is 19.9 Å². The Morgan fingerprint density at radius 3 is 2.76 bits per heavy atom. The van der Waals surface area contributed by atoms with E-state index in [-0.39, 0.29) is 23.2 Å². The zero-order chi connectivity index (χ0) is 20.4. The van der Waals surface area contributed by atoms with Crippen LogP contribution in [0.4, 0.5) is 16.0 Å². The second-order valence-electron chi connectivity index (χ2n) is 6.43. The predicted molar refractivity (Wildman–Crippen MR) is 108 cm³/mol. The first kappa shape index (κ1) is 18.3. The normalized spacial score (nSPS) is 11.8. The van der Waals surface area contributed by atoms with Gasteiger partial charge in [-0.2, -0.15) is 5.26 Å². The Bertz CT molecular complexity index is 1240. The topological polar surface area (TPSA) is 113 Å². The van der Waals surface area contributed by atoms with E-state index in [0.29, 0.717) is 22.4 Å². The smallest absolute Gasteiger partial charge is 0.150 e. The van der Waals surface area contributed by atoms with Crippen molar-refractivity contribution in [2.75, 3.05) is 11.1 Å². The molecule has 0 fully saturated rings. The van der Waals surface area contributed by atoms with Gasteiger partial charge in [0.15, 0.2) is 0 Å². The van der Waals surface area contributed by atoms with E-state index in [9.17, 15) is 9.65 Å². The Morgan fingerprint density at radius 1 is 1.14 bits per heavy atom. The van der Waals surface area contributed by atoms with E-state index in [0.717, 1.165) is 11.1 Å². The van der Waals surface area contributed by atoms with Gasteiger partial charge in [0, 0.05) is 28.9 Å². The predicted octanol–water partition coefficient (Wildman–Crippen LogP) is 3.85. The van der Waals surface area contributed by atoms with Gasteiger partial charge < -0.3 is 11.1 Å². The summed E-state index contributed by atoms with van der Waals surface area (Å²) in [4.78, 5) is 16.9. The minimum absolute atomic E-state index is 0.0980. The van der Waals surface area contributed by atoms with E-state index in [1.54, 1.807) is 18.5 Å². The van der Waals surface area contributed by atoms with Crippen LogP contribution in [0.5, 0.6) is 0 Å². The first-order chi connectivity index (χ1) is 14.1. The average Bonchev–Trinajstić information content (AvgIpc) is 2.73. The molecule has 4 rings (SSSR count). The molecule has 29 heavy (non-hydrogen) atoms. The Balaban J connectivity index is 1.88. The number of nitriles is 1. The lowest BCUT2D eigenvalue weighted by Gasteiger charge is -2.20. The van der Waals surface area contributed by atoms with Gasteiger partial charge in [0.05, 0.1) is 17.3 Å². The standard InChI is InChI=1S/C21H16FN7/c1-12(29-21-15(9-23)20(24)27-11-28-21)16-10-26-17-6-5-13(22)8-14(17)19(16)18-4-2-3-7-25-18/h2-8,10-12H,1H3,(H3,24,27,28,29). The number of fused-ring (bicyclic) bond motifs is 1. The Kier molecular flexibility index (Phi) is 4.71. The SMILES string of the molecule is CC(Nc1ncnc(N)c1C#N)c1cnc2ccc(F)cc2c1-c1ccccn1. The fourth-order valence-corrected chi connectivity index (χ4v) is 3.21. The minimum Gasteiger partial charge on any atom is -0.382 e. The molecule has 0 aliphatic rings. The van der Waals surface area contributed by atoms with E-state index in [1.165, 1.54) is 18.5 Å². The average molecular weight is 385 g/mol. The van der Waals surface area contributed by atoms with Gasteiger partial charge in [-0.3, -0.25) is 9.97 Å². The van der Waals surface area contributed by atoms with Crippen molar-refractivity contribution in [1.82, 2.24) is 19.9 Å². The first-order valence-electron chi connectivity index (χ1n) is 8.85. The number of nitrogens with zero attached hydrogens (tertiary/aromatic N) is 5. The van der Waals surface area contributed by atoms with E-state index in [2.05, 4.69) is 25.3 Å². The lowest BCUT2D eigenvalue weighted by atomic mass is 9.96. The molecule has 0 spiro atoms. The van der Waals surface area contributed by atoms with Crippen molar-refractivity contribution in [3.63, 3.8) is 0 Å². The van der Waals surface area contributed by atoms with Gasteiger partial charge in [-0.1, -0.05) is 6.07 Å². The van der Waals surface area contributed by atoms with Crippen LogP contribution in [0.3, 0.4) is 0 Å². The summed E-state index contributed by atoms with van der Waals surface area (Å²) in [7, 11) is 0. The van der Waals surface area contributed by atoms with Crippen molar-refractivity contribution in [3.05, 3.63) is 72.1 Å². The maximum Gasteiger partial charge on any atom is 0.150 e. The van der Waals surface area contributed by atoms with Crippen LogP contribution < -0.4 is 11.1 Å². The molecule has 142 valence electrons. The Hall–Kier alpha value is -4.12. The number of nitrogens with one attached hydrogen (secondary N) is 1. The third kappa shape index (κ3) is 3.41. The summed E-state index contributed by atoms with van der Waals surface area (Å²) < 4.78 is 14.0. The van der Waals surface area contributed by atoms with E-state index < -0.39 is 0 Å². The number of nitrogens with two attached hydrogens (primary N) is 1. The highest BCUT2D eigenvalue weighted by Crippen LogP contribution is 2.35. The summed E-state index contributed by atoms with van der Waals surface area (Å²) in [6, 6.07) is 11.7. The van der Waals surface area contributed by atoms with E-state index in [4.69, 9.17) is 5.73 Å². The summed E-state index contributed by atoms with van der Waals surface area (Å²) in [6.45, 7) is 1.90.